The zero-order valence-electron chi connectivity index (χ0n) is 14.7. The first-order valence-corrected chi connectivity index (χ1v) is 8.55. The molecule has 2 N–H and O–H groups in total. The van der Waals surface area contributed by atoms with Crippen LogP contribution in [-0.2, 0) is 4.74 Å². The molecule has 0 radical (unpaired) electrons. The lowest BCUT2D eigenvalue weighted by atomic mass is 9.96. The molecule has 2 aliphatic heterocycles. The number of hydrogen-bond acceptors (Lipinski definition) is 7. The predicted molar refractivity (Wildman–Crippen MR) is 95.5 cm³/mol. The Hall–Kier alpha value is -3.14. The molecule has 1 fully saturated rings. The van der Waals surface area contributed by atoms with Gasteiger partial charge >= 0.3 is 5.69 Å². The minimum absolute atomic E-state index is 0.00820. The first kappa shape index (κ1) is 17.3. The highest BCUT2D eigenvalue weighted by atomic mass is 16.6. The lowest BCUT2D eigenvalue weighted by Gasteiger charge is -2.39. The quantitative estimate of drug-likeness (QED) is 0.607. The van der Waals surface area contributed by atoms with E-state index in [2.05, 4.69) is 14.9 Å². The van der Waals surface area contributed by atoms with Gasteiger partial charge in [0.15, 0.2) is 6.10 Å². The fraction of sp³-hybridized carbons (Fsp3) is 0.412. The monoisotopic (exact) mass is 374 g/mol. The van der Waals surface area contributed by atoms with Crippen molar-refractivity contribution >= 4 is 11.4 Å². The van der Waals surface area contributed by atoms with Crippen LogP contribution in [0.15, 0.2) is 27.8 Å². The van der Waals surface area contributed by atoms with Crippen LogP contribution in [0.3, 0.4) is 0 Å². The summed E-state index contributed by atoms with van der Waals surface area (Å²) in [6, 6.07) is 4.51. The Morgan fingerprint density at radius 3 is 2.52 bits per heavy atom. The van der Waals surface area contributed by atoms with E-state index < -0.39 is 22.3 Å². The molecule has 4 rings (SSSR count). The third-order valence-corrected chi connectivity index (χ3v) is 4.71. The normalized spacial score (nSPS) is 23.9. The summed E-state index contributed by atoms with van der Waals surface area (Å²) in [5.74, 6) is 0.0925. The number of nitrogens with zero attached hydrogens (tertiary/aromatic N) is 2. The molecule has 0 saturated carbocycles. The maximum Gasteiger partial charge on any atom is 0.328 e. The van der Waals surface area contributed by atoms with Gasteiger partial charge < -0.3 is 14.4 Å². The molecule has 0 unspecified atom stereocenters. The van der Waals surface area contributed by atoms with Gasteiger partial charge in [0.2, 0.25) is 5.88 Å². The average Bonchev–Trinajstić information content (AvgIpc) is 2.55. The van der Waals surface area contributed by atoms with E-state index in [9.17, 15) is 19.7 Å². The molecular formula is C17H18N4O6. The fourth-order valence-corrected chi connectivity index (χ4v) is 3.67. The van der Waals surface area contributed by atoms with E-state index in [0.717, 1.165) is 5.69 Å². The van der Waals surface area contributed by atoms with E-state index >= 15 is 0 Å². The van der Waals surface area contributed by atoms with Crippen molar-refractivity contribution in [1.29, 1.82) is 0 Å². The van der Waals surface area contributed by atoms with Gasteiger partial charge in [0, 0.05) is 36.5 Å². The van der Waals surface area contributed by atoms with Gasteiger partial charge in [0.25, 0.3) is 11.2 Å². The van der Waals surface area contributed by atoms with E-state index in [-0.39, 0.29) is 29.3 Å². The number of anilines is 1. The number of rotatable bonds is 3. The fourth-order valence-electron chi connectivity index (χ4n) is 3.67. The molecule has 2 aliphatic rings. The maximum absolute atomic E-state index is 12.2. The lowest BCUT2D eigenvalue weighted by Crippen LogP contribution is -2.46. The summed E-state index contributed by atoms with van der Waals surface area (Å²) in [4.78, 5) is 41.0. The van der Waals surface area contributed by atoms with Crippen LogP contribution in [0.1, 0.15) is 31.1 Å². The highest BCUT2D eigenvalue weighted by molar-refractivity contribution is 5.62. The zero-order chi connectivity index (χ0) is 19.3. The minimum Gasteiger partial charge on any atom is -0.465 e. The van der Waals surface area contributed by atoms with Crippen molar-refractivity contribution in [3.63, 3.8) is 0 Å². The molecule has 0 amide bonds. The van der Waals surface area contributed by atoms with Crippen LogP contribution in [0.25, 0.3) is 0 Å². The second-order valence-electron chi connectivity index (χ2n) is 6.81. The van der Waals surface area contributed by atoms with Crippen molar-refractivity contribution < 1.29 is 14.4 Å². The second-order valence-corrected chi connectivity index (χ2v) is 6.81. The summed E-state index contributed by atoms with van der Waals surface area (Å²) in [6.07, 6.45) is -0.804. The highest BCUT2D eigenvalue weighted by Gasteiger charge is 2.38. The van der Waals surface area contributed by atoms with Gasteiger partial charge in [-0.1, -0.05) is 0 Å². The number of aromatic nitrogens is 2. The molecule has 2 aromatic rings. The van der Waals surface area contributed by atoms with Crippen LogP contribution in [-0.4, -0.2) is 40.2 Å². The maximum atomic E-state index is 12.2. The Balaban J connectivity index is 1.81. The number of morpholine rings is 1. The third kappa shape index (κ3) is 2.97. The number of non-ortho nitro benzene ring substituents is 1. The van der Waals surface area contributed by atoms with Gasteiger partial charge in [0.1, 0.15) is 5.56 Å². The van der Waals surface area contributed by atoms with Crippen molar-refractivity contribution in [2.24, 2.45) is 0 Å². The Kier molecular flexibility index (Phi) is 3.99. The Morgan fingerprint density at radius 2 is 1.89 bits per heavy atom. The number of benzene rings is 1. The number of nitro groups is 1. The van der Waals surface area contributed by atoms with Crippen LogP contribution in [0.5, 0.6) is 5.88 Å². The Bertz CT molecular complexity index is 1020. The first-order valence-electron chi connectivity index (χ1n) is 8.55. The van der Waals surface area contributed by atoms with Crippen LogP contribution < -0.4 is 20.9 Å². The van der Waals surface area contributed by atoms with Crippen LogP contribution in [0.2, 0.25) is 0 Å². The Labute approximate surface area is 152 Å². The number of aromatic amines is 2. The molecule has 0 spiro atoms. The number of fused-ring (bicyclic) bond motifs is 1. The molecule has 10 heteroatoms. The molecule has 0 bridgehead atoms. The van der Waals surface area contributed by atoms with Crippen molar-refractivity contribution in [1.82, 2.24) is 9.97 Å². The molecule has 27 heavy (non-hydrogen) atoms. The van der Waals surface area contributed by atoms with Crippen LogP contribution in [0, 0.1) is 10.1 Å². The largest absolute Gasteiger partial charge is 0.465 e. The van der Waals surface area contributed by atoms with Crippen LogP contribution >= 0.6 is 0 Å². The second kappa shape index (κ2) is 6.23. The topological polar surface area (TPSA) is 131 Å². The molecule has 1 aromatic carbocycles. The number of H-pyrrole nitrogens is 2. The van der Waals surface area contributed by atoms with Gasteiger partial charge in [-0.15, -0.1) is 0 Å². The predicted octanol–water partition coefficient (Wildman–Crippen LogP) is 1.07. The van der Waals surface area contributed by atoms with E-state index in [1.807, 2.05) is 13.8 Å². The molecule has 3 atom stereocenters. The van der Waals surface area contributed by atoms with Gasteiger partial charge in [-0.25, -0.2) is 4.79 Å². The molecule has 3 heterocycles. The van der Waals surface area contributed by atoms with E-state index in [0.29, 0.717) is 18.7 Å². The van der Waals surface area contributed by atoms with Gasteiger partial charge in [-0.2, -0.15) is 0 Å². The average molecular weight is 374 g/mol. The van der Waals surface area contributed by atoms with Crippen LogP contribution in [0.4, 0.5) is 11.4 Å². The molecule has 1 saturated heterocycles. The van der Waals surface area contributed by atoms with E-state index in [4.69, 9.17) is 9.47 Å². The van der Waals surface area contributed by atoms with Crippen molar-refractivity contribution in [2.45, 2.75) is 32.2 Å². The summed E-state index contributed by atoms with van der Waals surface area (Å²) in [5, 5.41) is 11.2. The molecule has 142 valence electrons. The summed E-state index contributed by atoms with van der Waals surface area (Å²) in [5.41, 5.74) is 0.185. The van der Waals surface area contributed by atoms with Crippen molar-refractivity contribution in [2.75, 3.05) is 18.0 Å². The Morgan fingerprint density at radius 1 is 1.19 bits per heavy atom. The standard InChI is InChI=1S/C17H18N4O6/c1-8-6-20(7-9(2)26-8)12-4-3-10(21(24)25)5-11(12)14-13-15(22)18-17(23)19-16(13)27-14/h3-5,8-9,14H,6-7H2,1-2H3,(H2,18,19,22,23)/t8-,9-,14+/m0/s1. The van der Waals surface area contributed by atoms with Gasteiger partial charge in [-0.3, -0.25) is 24.9 Å². The number of nitrogens with one attached hydrogen (secondary N) is 2. The number of ether oxygens (including phenoxy) is 2. The third-order valence-electron chi connectivity index (χ3n) is 4.71. The van der Waals surface area contributed by atoms with E-state index in [1.165, 1.54) is 12.1 Å². The highest BCUT2D eigenvalue weighted by Crippen LogP contribution is 2.43. The first-order chi connectivity index (χ1) is 12.8. The lowest BCUT2D eigenvalue weighted by molar-refractivity contribution is -0.384. The molecule has 10 nitrogen and oxygen atoms in total. The summed E-state index contributed by atoms with van der Waals surface area (Å²) < 4.78 is 11.3. The minimum atomic E-state index is -0.788. The SMILES string of the molecule is C[C@H]1CN(c2ccc([N+](=O)[O-])cc2[C@H]2Oc3[nH]c(=O)[nH]c(=O)c32)C[C@H](C)O1. The molecule has 0 aliphatic carbocycles. The van der Waals surface area contributed by atoms with Gasteiger partial charge in [-0.05, 0) is 19.9 Å². The summed E-state index contributed by atoms with van der Waals surface area (Å²) in [6.45, 7) is 5.13. The molecular weight excluding hydrogens is 356 g/mol. The zero-order valence-corrected chi connectivity index (χ0v) is 14.7. The smallest absolute Gasteiger partial charge is 0.328 e. The summed E-state index contributed by atoms with van der Waals surface area (Å²) >= 11 is 0. The van der Waals surface area contributed by atoms with Crippen molar-refractivity contribution in [3.05, 3.63) is 60.3 Å². The number of hydrogen-bond donors (Lipinski definition) is 2. The molecule has 1 aromatic heterocycles. The van der Waals surface area contributed by atoms with Gasteiger partial charge in [0.05, 0.1) is 17.1 Å². The summed E-state index contributed by atoms with van der Waals surface area (Å²) in [7, 11) is 0. The van der Waals surface area contributed by atoms with E-state index in [1.54, 1.807) is 6.07 Å². The number of nitro benzene ring substituents is 1. The van der Waals surface area contributed by atoms with Crippen molar-refractivity contribution in [3.8, 4) is 5.88 Å².